The van der Waals surface area contributed by atoms with E-state index < -0.39 is 46.9 Å². The molecule has 0 aliphatic rings. The highest BCUT2D eigenvalue weighted by Crippen LogP contribution is 2.26. The summed E-state index contributed by atoms with van der Waals surface area (Å²) in [4.78, 5) is 24.6. The molecule has 2 N–H and O–H groups in total. The average Bonchev–Trinajstić information content (AvgIpc) is 2.76. The summed E-state index contributed by atoms with van der Waals surface area (Å²) in [5.74, 6) is -7.51. The molecular formula is C22H15F4NO4. The summed E-state index contributed by atoms with van der Waals surface area (Å²) in [6, 6.07) is 8.99. The molecule has 0 spiro atoms. The lowest BCUT2D eigenvalue weighted by molar-refractivity contribution is -0.143. The van der Waals surface area contributed by atoms with Crippen molar-refractivity contribution in [3.05, 3.63) is 89.0 Å². The van der Waals surface area contributed by atoms with E-state index in [1.165, 1.54) is 24.3 Å². The van der Waals surface area contributed by atoms with E-state index in [2.05, 4.69) is 5.32 Å². The van der Waals surface area contributed by atoms with Crippen LogP contribution in [0.15, 0.2) is 54.6 Å². The van der Waals surface area contributed by atoms with Crippen LogP contribution in [-0.2, 0) is 9.53 Å². The Labute approximate surface area is 173 Å². The molecule has 0 heterocycles. The maximum Gasteiger partial charge on any atom is 0.333 e. The topological polar surface area (TPSA) is 75.6 Å². The number of carbonyl (C=O) groups is 2. The predicted molar refractivity (Wildman–Crippen MR) is 102 cm³/mol. The highest BCUT2D eigenvalue weighted by Gasteiger charge is 2.25. The SMILES string of the molecule is COC(=O)C(NC(=O)c1ccc(F)c(O)c1)c1ccc(-c2cc(F)c(F)c(F)c2)cc1. The van der Waals surface area contributed by atoms with Crippen LogP contribution in [0.5, 0.6) is 5.75 Å². The van der Waals surface area contributed by atoms with Gasteiger partial charge in [-0.05, 0) is 47.0 Å². The van der Waals surface area contributed by atoms with Crippen LogP contribution in [0.4, 0.5) is 17.6 Å². The highest BCUT2D eigenvalue weighted by atomic mass is 19.2. The molecule has 0 saturated carbocycles. The lowest BCUT2D eigenvalue weighted by Gasteiger charge is -2.17. The van der Waals surface area contributed by atoms with Gasteiger partial charge in [0.25, 0.3) is 5.91 Å². The molecule has 3 rings (SSSR count). The van der Waals surface area contributed by atoms with Crippen LogP contribution >= 0.6 is 0 Å². The number of aromatic hydroxyl groups is 1. The molecule has 0 bridgehead atoms. The monoisotopic (exact) mass is 433 g/mol. The highest BCUT2D eigenvalue weighted by molar-refractivity contribution is 5.97. The molecule has 31 heavy (non-hydrogen) atoms. The van der Waals surface area contributed by atoms with E-state index in [-0.39, 0.29) is 16.7 Å². The molecule has 9 heteroatoms. The first-order chi connectivity index (χ1) is 14.7. The Kier molecular flexibility index (Phi) is 6.24. The number of esters is 1. The number of hydrogen-bond donors (Lipinski definition) is 2. The predicted octanol–water partition coefficient (Wildman–Crippen LogP) is 4.26. The number of ether oxygens (including phenoxy) is 1. The Morgan fingerprint density at radius 1 is 0.871 bits per heavy atom. The third-order valence-electron chi connectivity index (χ3n) is 4.48. The molecular weight excluding hydrogens is 418 g/mol. The first kappa shape index (κ1) is 21.8. The maximum absolute atomic E-state index is 13.5. The molecule has 0 fully saturated rings. The van der Waals surface area contributed by atoms with Crippen molar-refractivity contribution in [2.24, 2.45) is 0 Å². The van der Waals surface area contributed by atoms with Gasteiger partial charge in [-0.25, -0.2) is 22.4 Å². The minimum absolute atomic E-state index is 0.0726. The smallest absolute Gasteiger partial charge is 0.333 e. The lowest BCUT2D eigenvalue weighted by atomic mass is 10.00. The molecule has 1 amide bonds. The van der Waals surface area contributed by atoms with Crippen LogP contribution in [0, 0.1) is 23.3 Å². The number of benzene rings is 3. The molecule has 3 aromatic carbocycles. The Balaban J connectivity index is 1.88. The van der Waals surface area contributed by atoms with Crippen LogP contribution < -0.4 is 5.32 Å². The van der Waals surface area contributed by atoms with Gasteiger partial charge >= 0.3 is 5.97 Å². The standard InChI is InChI=1S/C22H15F4NO4/c1-31-22(30)20(27-21(29)13-6-7-15(23)18(28)10-13)12-4-2-11(3-5-12)14-8-16(24)19(26)17(25)9-14/h2-10,20,28H,1H3,(H,27,29). The van der Waals surface area contributed by atoms with E-state index >= 15 is 0 Å². The fourth-order valence-corrected chi connectivity index (χ4v) is 2.85. The van der Waals surface area contributed by atoms with Gasteiger partial charge in [-0.2, -0.15) is 0 Å². The van der Waals surface area contributed by atoms with Crippen molar-refractivity contribution in [3.8, 4) is 16.9 Å². The second kappa shape index (κ2) is 8.86. The second-order valence-electron chi connectivity index (χ2n) is 6.47. The molecule has 1 atom stereocenters. The Morgan fingerprint density at radius 3 is 2.03 bits per heavy atom. The molecule has 0 aliphatic carbocycles. The Morgan fingerprint density at radius 2 is 1.48 bits per heavy atom. The van der Waals surface area contributed by atoms with Gasteiger partial charge in [-0.1, -0.05) is 24.3 Å². The maximum atomic E-state index is 13.5. The minimum atomic E-state index is -1.58. The number of hydrogen-bond acceptors (Lipinski definition) is 4. The van der Waals surface area contributed by atoms with Crippen LogP contribution in [0.1, 0.15) is 22.0 Å². The van der Waals surface area contributed by atoms with E-state index in [0.29, 0.717) is 5.56 Å². The Hall–Kier alpha value is -3.88. The molecule has 0 aliphatic heterocycles. The van der Waals surface area contributed by atoms with Crippen molar-refractivity contribution in [2.45, 2.75) is 6.04 Å². The number of carbonyl (C=O) groups excluding carboxylic acids is 2. The number of phenolic OH excluding ortho intramolecular Hbond substituents is 1. The van der Waals surface area contributed by atoms with Gasteiger partial charge in [-0.3, -0.25) is 4.79 Å². The third kappa shape index (κ3) is 4.66. The van der Waals surface area contributed by atoms with Crippen molar-refractivity contribution in [1.82, 2.24) is 5.32 Å². The summed E-state index contributed by atoms with van der Waals surface area (Å²) >= 11 is 0. The second-order valence-corrected chi connectivity index (χ2v) is 6.47. The van der Waals surface area contributed by atoms with E-state index in [0.717, 1.165) is 37.4 Å². The normalized spacial score (nSPS) is 11.6. The third-order valence-corrected chi connectivity index (χ3v) is 4.48. The molecule has 5 nitrogen and oxygen atoms in total. The fraction of sp³-hybridized carbons (Fsp3) is 0.0909. The van der Waals surface area contributed by atoms with Gasteiger partial charge < -0.3 is 15.2 Å². The number of rotatable bonds is 5. The molecule has 160 valence electrons. The zero-order valence-corrected chi connectivity index (χ0v) is 16.0. The number of nitrogens with one attached hydrogen (secondary N) is 1. The van der Waals surface area contributed by atoms with Crippen LogP contribution in [0.2, 0.25) is 0 Å². The summed E-state index contributed by atoms with van der Waals surface area (Å²) in [6.45, 7) is 0. The molecule has 3 aromatic rings. The molecule has 1 unspecified atom stereocenters. The fourth-order valence-electron chi connectivity index (χ4n) is 2.85. The van der Waals surface area contributed by atoms with Gasteiger partial charge in [0.05, 0.1) is 7.11 Å². The van der Waals surface area contributed by atoms with Crippen LogP contribution in [0.3, 0.4) is 0 Å². The van der Waals surface area contributed by atoms with Gasteiger partial charge in [0, 0.05) is 5.56 Å². The van der Waals surface area contributed by atoms with E-state index in [9.17, 15) is 32.3 Å². The quantitative estimate of drug-likeness (QED) is 0.358. The molecule has 0 saturated heterocycles. The molecule has 0 aromatic heterocycles. The van der Waals surface area contributed by atoms with E-state index in [1.54, 1.807) is 0 Å². The average molecular weight is 433 g/mol. The van der Waals surface area contributed by atoms with E-state index in [4.69, 9.17) is 4.74 Å². The first-order valence-electron chi connectivity index (χ1n) is 8.83. The van der Waals surface area contributed by atoms with Crippen LogP contribution in [0.25, 0.3) is 11.1 Å². The number of phenols is 1. The summed E-state index contributed by atoms with van der Waals surface area (Å²) < 4.78 is 58.0. The van der Waals surface area contributed by atoms with Gasteiger partial charge in [-0.15, -0.1) is 0 Å². The van der Waals surface area contributed by atoms with Crippen molar-refractivity contribution >= 4 is 11.9 Å². The van der Waals surface area contributed by atoms with Crippen molar-refractivity contribution in [3.63, 3.8) is 0 Å². The summed E-state index contributed by atoms with van der Waals surface area (Å²) in [5.41, 5.74) is 0.586. The minimum Gasteiger partial charge on any atom is -0.505 e. The van der Waals surface area contributed by atoms with Gasteiger partial charge in [0.15, 0.2) is 35.1 Å². The number of amides is 1. The van der Waals surface area contributed by atoms with Gasteiger partial charge in [0.1, 0.15) is 0 Å². The zero-order valence-electron chi connectivity index (χ0n) is 16.0. The zero-order chi connectivity index (χ0) is 22.7. The molecule has 0 radical (unpaired) electrons. The number of halogens is 4. The number of methoxy groups -OCH3 is 1. The summed E-state index contributed by atoms with van der Waals surface area (Å²) in [5, 5.41) is 11.8. The van der Waals surface area contributed by atoms with Crippen LogP contribution in [-0.4, -0.2) is 24.1 Å². The van der Waals surface area contributed by atoms with E-state index in [1.807, 2.05) is 0 Å². The van der Waals surface area contributed by atoms with Crippen molar-refractivity contribution in [2.75, 3.05) is 7.11 Å². The van der Waals surface area contributed by atoms with Crippen molar-refractivity contribution < 1.29 is 37.0 Å². The lowest BCUT2D eigenvalue weighted by Crippen LogP contribution is -2.34. The van der Waals surface area contributed by atoms with Crippen molar-refractivity contribution in [1.29, 1.82) is 0 Å². The first-order valence-corrected chi connectivity index (χ1v) is 8.83. The summed E-state index contributed by atoms with van der Waals surface area (Å²) in [6.07, 6.45) is 0. The van der Waals surface area contributed by atoms with Gasteiger partial charge in [0.2, 0.25) is 0 Å². The summed E-state index contributed by atoms with van der Waals surface area (Å²) in [7, 11) is 1.11. The largest absolute Gasteiger partial charge is 0.505 e. The Bertz CT molecular complexity index is 1130.